The van der Waals surface area contributed by atoms with Gasteiger partial charge in [0.2, 0.25) is 0 Å². The van der Waals surface area contributed by atoms with E-state index in [4.69, 9.17) is 0 Å². The van der Waals surface area contributed by atoms with Gasteiger partial charge in [-0.15, -0.1) is 0 Å². The summed E-state index contributed by atoms with van der Waals surface area (Å²) < 4.78 is 0. The monoisotopic (exact) mass is 319 g/mol. The SMILES string of the molecule is O=[N+]([O-])c1ccc(O)c([C@H](C2CCCCC2)N2CCNCC2)c1. The lowest BCUT2D eigenvalue weighted by atomic mass is 9.79. The number of phenolic OH excluding ortho intramolecular Hbond substituents is 1. The second-order valence-electron chi connectivity index (χ2n) is 6.63. The van der Waals surface area contributed by atoms with Gasteiger partial charge in [0.15, 0.2) is 0 Å². The Labute approximate surface area is 136 Å². The van der Waals surface area contributed by atoms with Crippen LogP contribution in [0.5, 0.6) is 5.75 Å². The van der Waals surface area contributed by atoms with E-state index in [2.05, 4.69) is 10.2 Å². The smallest absolute Gasteiger partial charge is 0.270 e. The number of benzene rings is 1. The lowest BCUT2D eigenvalue weighted by Gasteiger charge is -2.41. The number of piperazine rings is 1. The molecule has 0 amide bonds. The first-order valence-corrected chi connectivity index (χ1v) is 8.59. The summed E-state index contributed by atoms with van der Waals surface area (Å²) in [7, 11) is 0. The molecular weight excluding hydrogens is 294 g/mol. The van der Waals surface area contributed by atoms with E-state index in [1.54, 1.807) is 6.07 Å². The molecule has 6 nitrogen and oxygen atoms in total. The fourth-order valence-corrected chi connectivity index (χ4v) is 4.05. The number of nitrogens with one attached hydrogen (secondary N) is 1. The molecule has 1 atom stereocenters. The van der Waals surface area contributed by atoms with Crippen LogP contribution in [0, 0.1) is 16.0 Å². The molecule has 0 unspecified atom stereocenters. The standard InChI is InChI=1S/C17H25N3O3/c21-16-7-6-14(20(22)23)12-15(16)17(13-4-2-1-3-5-13)19-10-8-18-9-11-19/h6-7,12-13,17-18,21H,1-5,8-11H2/t17-/m0/s1. The lowest BCUT2D eigenvalue weighted by molar-refractivity contribution is -0.385. The van der Waals surface area contributed by atoms with Gasteiger partial charge in [0.25, 0.3) is 5.69 Å². The van der Waals surface area contributed by atoms with Gasteiger partial charge >= 0.3 is 0 Å². The second-order valence-corrected chi connectivity index (χ2v) is 6.63. The van der Waals surface area contributed by atoms with Crippen molar-refractivity contribution in [2.75, 3.05) is 26.2 Å². The molecule has 1 saturated heterocycles. The number of non-ortho nitro benzene ring substituents is 1. The zero-order valence-corrected chi connectivity index (χ0v) is 13.4. The second kappa shape index (κ2) is 7.27. The van der Waals surface area contributed by atoms with E-state index in [9.17, 15) is 15.2 Å². The Morgan fingerprint density at radius 1 is 1.22 bits per heavy atom. The summed E-state index contributed by atoms with van der Waals surface area (Å²) in [6.45, 7) is 3.70. The van der Waals surface area contributed by atoms with Crippen LogP contribution in [-0.2, 0) is 0 Å². The first-order chi connectivity index (χ1) is 11.2. The molecule has 1 saturated carbocycles. The zero-order chi connectivity index (χ0) is 16.2. The van der Waals surface area contributed by atoms with Crippen molar-refractivity contribution in [2.45, 2.75) is 38.1 Å². The predicted octanol–water partition coefficient (Wildman–Crippen LogP) is 2.83. The molecule has 0 bridgehead atoms. The molecule has 126 valence electrons. The number of hydrogen-bond acceptors (Lipinski definition) is 5. The van der Waals surface area contributed by atoms with Crippen molar-refractivity contribution in [3.8, 4) is 5.75 Å². The Balaban J connectivity index is 1.96. The average molecular weight is 319 g/mol. The van der Waals surface area contributed by atoms with E-state index in [0.29, 0.717) is 5.92 Å². The summed E-state index contributed by atoms with van der Waals surface area (Å²) in [6.07, 6.45) is 5.96. The summed E-state index contributed by atoms with van der Waals surface area (Å²) >= 11 is 0. The minimum absolute atomic E-state index is 0.0637. The minimum atomic E-state index is -0.376. The van der Waals surface area contributed by atoms with Crippen molar-refractivity contribution in [3.05, 3.63) is 33.9 Å². The maximum Gasteiger partial charge on any atom is 0.270 e. The third-order valence-electron chi connectivity index (χ3n) is 5.18. The van der Waals surface area contributed by atoms with E-state index in [1.807, 2.05) is 0 Å². The highest BCUT2D eigenvalue weighted by Gasteiger charge is 2.33. The highest BCUT2D eigenvalue weighted by molar-refractivity contribution is 5.45. The van der Waals surface area contributed by atoms with Crippen LogP contribution in [0.3, 0.4) is 0 Å². The van der Waals surface area contributed by atoms with E-state index in [0.717, 1.165) is 44.6 Å². The van der Waals surface area contributed by atoms with Crippen LogP contribution in [0.4, 0.5) is 5.69 Å². The highest BCUT2D eigenvalue weighted by atomic mass is 16.6. The number of nitrogens with zero attached hydrogens (tertiary/aromatic N) is 2. The van der Waals surface area contributed by atoms with Crippen molar-refractivity contribution in [1.29, 1.82) is 0 Å². The van der Waals surface area contributed by atoms with E-state index >= 15 is 0 Å². The predicted molar refractivity (Wildman–Crippen MR) is 88.5 cm³/mol. The molecule has 1 aliphatic carbocycles. The number of nitro groups is 1. The van der Waals surface area contributed by atoms with E-state index in [1.165, 1.54) is 31.4 Å². The van der Waals surface area contributed by atoms with Gasteiger partial charge < -0.3 is 10.4 Å². The van der Waals surface area contributed by atoms with E-state index < -0.39 is 0 Å². The third-order valence-corrected chi connectivity index (χ3v) is 5.18. The van der Waals surface area contributed by atoms with Crippen LogP contribution >= 0.6 is 0 Å². The molecule has 2 N–H and O–H groups in total. The molecule has 23 heavy (non-hydrogen) atoms. The van der Waals surface area contributed by atoms with Crippen LogP contribution in [0.25, 0.3) is 0 Å². The Hall–Kier alpha value is -1.66. The molecule has 2 aliphatic rings. The first kappa shape index (κ1) is 16.2. The molecule has 1 heterocycles. The zero-order valence-electron chi connectivity index (χ0n) is 13.4. The highest BCUT2D eigenvalue weighted by Crippen LogP contribution is 2.42. The number of phenols is 1. The molecule has 0 aromatic heterocycles. The third kappa shape index (κ3) is 3.64. The van der Waals surface area contributed by atoms with Crippen molar-refractivity contribution in [3.63, 3.8) is 0 Å². The van der Waals surface area contributed by atoms with Crippen molar-refractivity contribution < 1.29 is 10.0 Å². The first-order valence-electron chi connectivity index (χ1n) is 8.59. The van der Waals surface area contributed by atoms with Crippen LogP contribution in [0.1, 0.15) is 43.7 Å². The van der Waals surface area contributed by atoms with Gasteiger partial charge in [-0.05, 0) is 24.8 Å². The molecule has 3 rings (SSSR count). The van der Waals surface area contributed by atoms with Gasteiger partial charge in [0.1, 0.15) is 5.75 Å². The summed E-state index contributed by atoms with van der Waals surface area (Å²) in [5, 5.41) is 24.9. The molecular formula is C17H25N3O3. The Kier molecular flexibility index (Phi) is 5.13. The number of hydrogen-bond donors (Lipinski definition) is 2. The quantitative estimate of drug-likeness (QED) is 0.659. The molecule has 6 heteroatoms. The normalized spacial score (nSPS) is 21.9. The number of rotatable bonds is 4. The van der Waals surface area contributed by atoms with Crippen molar-refractivity contribution in [1.82, 2.24) is 10.2 Å². The maximum absolute atomic E-state index is 11.1. The summed E-state index contributed by atoms with van der Waals surface area (Å²) in [4.78, 5) is 13.2. The molecule has 2 fully saturated rings. The number of aromatic hydroxyl groups is 1. The van der Waals surface area contributed by atoms with Gasteiger partial charge in [-0.25, -0.2) is 0 Å². The largest absolute Gasteiger partial charge is 0.508 e. The molecule has 1 aromatic rings. The molecule has 1 aromatic carbocycles. The van der Waals surface area contributed by atoms with E-state index in [-0.39, 0.29) is 22.4 Å². The van der Waals surface area contributed by atoms with Crippen LogP contribution < -0.4 is 5.32 Å². The molecule has 0 radical (unpaired) electrons. The minimum Gasteiger partial charge on any atom is -0.508 e. The molecule has 0 spiro atoms. The van der Waals surface area contributed by atoms with Crippen molar-refractivity contribution >= 4 is 5.69 Å². The lowest BCUT2D eigenvalue weighted by Crippen LogP contribution is -2.47. The fourth-order valence-electron chi connectivity index (χ4n) is 4.05. The van der Waals surface area contributed by atoms with Crippen LogP contribution in [-0.4, -0.2) is 41.1 Å². The van der Waals surface area contributed by atoms with Crippen LogP contribution in [0.2, 0.25) is 0 Å². The van der Waals surface area contributed by atoms with Gasteiger partial charge in [-0.3, -0.25) is 15.0 Å². The summed E-state index contributed by atoms with van der Waals surface area (Å²) in [6, 6.07) is 4.52. The summed E-state index contributed by atoms with van der Waals surface area (Å²) in [5.41, 5.74) is 0.793. The van der Waals surface area contributed by atoms with Gasteiger partial charge in [0, 0.05) is 49.9 Å². The Bertz CT molecular complexity index is 534. The van der Waals surface area contributed by atoms with Crippen molar-refractivity contribution in [2.24, 2.45) is 5.92 Å². The van der Waals surface area contributed by atoms with Crippen LogP contribution in [0.15, 0.2) is 18.2 Å². The van der Waals surface area contributed by atoms with Gasteiger partial charge in [0.05, 0.1) is 4.92 Å². The fraction of sp³-hybridized carbons (Fsp3) is 0.647. The van der Waals surface area contributed by atoms with Gasteiger partial charge in [-0.2, -0.15) is 0 Å². The topological polar surface area (TPSA) is 78.6 Å². The van der Waals surface area contributed by atoms with Gasteiger partial charge in [-0.1, -0.05) is 19.3 Å². The maximum atomic E-state index is 11.1. The number of nitro benzene ring substituents is 1. The Morgan fingerprint density at radius 2 is 1.91 bits per heavy atom. The molecule has 1 aliphatic heterocycles. The Morgan fingerprint density at radius 3 is 2.57 bits per heavy atom. The average Bonchev–Trinajstić information content (AvgIpc) is 2.58. The summed E-state index contributed by atoms with van der Waals surface area (Å²) in [5.74, 6) is 0.652.